The Bertz CT molecular complexity index is 343. The standard InChI is InChI=1S/C13H16ClN/c1-15-8-6-12(7-9-15)10-11-2-4-13(14)5-3-11/h2-5,10H,6-9H2,1H3. The lowest BCUT2D eigenvalue weighted by atomic mass is 10.0. The number of rotatable bonds is 1. The molecule has 1 nitrogen and oxygen atoms in total. The molecule has 0 bridgehead atoms. The Labute approximate surface area is 96.4 Å². The molecule has 1 heterocycles. The van der Waals surface area contributed by atoms with Crippen LogP contribution in [0.1, 0.15) is 18.4 Å². The Hall–Kier alpha value is -0.790. The molecule has 0 amide bonds. The summed E-state index contributed by atoms with van der Waals surface area (Å²) in [5, 5.41) is 0.806. The van der Waals surface area contributed by atoms with E-state index in [9.17, 15) is 0 Å². The molecule has 80 valence electrons. The molecule has 15 heavy (non-hydrogen) atoms. The number of halogens is 1. The van der Waals surface area contributed by atoms with E-state index in [2.05, 4.69) is 30.2 Å². The summed E-state index contributed by atoms with van der Waals surface area (Å²) in [6, 6.07) is 8.05. The average molecular weight is 222 g/mol. The summed E-state index contributed by atoms with van der Waals surface area (Å²) in [7, 11) is 2.18. The van der Waals surface area contributed by atoms with Crippen LogP contribution in [0, 0.1) is 0 Å². The van der Waals surface area contributed by atoms with Crippen molar-refractivity contribution in [3.05, 3.63) is 40.4 Å². The van der Waals surface area contributed by atoms with Gasteiger partial charge in [-0.05, 0) is 37.6 Å². The summed E-state index contributed by atoms with van der Waals surface area (Å²) in [5.41, 5.74) is 2.81. The summed E-state index contributed by atoms with van der Waals surface area (Å²) < 4.78 is 0. The fraction of sp³-hybridized carbons (Fsp3) is 0.385. The van der Waals surface area contributed by atoms with Crippen LogP contribution >= 0.6 is 11.6 Å². The summed E-state index contributed by atoms with van der Waals surface area (Å²) in [4.78, 5) is 2.37. The van der Waals surface area contributed by atoms with Crippen LogP contribution in [0.3, 0.4) is 0 Å². The summed E-state index contributed by atoms with van der Waals surface area (Å²) in [6.07, 6.45) is 4.68. The first-order chi connectivity index (χ1) is 7.24. The number of hydrogen-bond donors (Lipinski definition) is 0. The predicted molar refractivity (Wildman–Crippen MR) is 66.2 cm³/mol. The van der Waals surface area contributed by atoms with E-state index in [1.54, 1.807) is 5.57 Å². The number of hydrogen-bond acceptors (Lipinski definition) is 1. The van der Waals surface area contributed by atoms with Crippen LogP contribution < -0.4 is 0 Å². The van der Waals surface area contributed by atoms with Crippen molar-refractivity contribution >= 4 is 17.7 Å². The minimum Gasteiger partial charge on any atom is -0.306 e. The normalized spacial score (nSPS) is 17.9. The summed E-state index contributed by atoms with van der Waals surface area (Å²) in [6.45, 7) is 2.36. The van der Waals surface area contributed by atoms with E-state index in [0.717, 1.165) is 5.02 Å². The molecule has 1 saturated heterocycles. The van der Waals surface area contributed by atoms with Crippen molar-refractivity contribution in [2.75, 3.05) is 20.1 Å². The zero-order valence-electron chi connectivity index (χ0n) is 9.04. The lowest BCUT2D eigenvalue weighted by Gasteiger charge is -2.24. The van der Waals surface area contributed by atoms with Gasteiger partial charge in [0.1, 0.15) is 0 Å². The van der Waals surface area contributed by atoms with Gasteiger partial charge >= 0.3 is 0 Å². The molecule has 0 saturated carbocycles. The van der Waals surface area contributed by atoms with E-state index < -0.39 is 0 Å². The molecule has 0 aromatic heterocycles. The van der Waals surface area contributed by atoms with E-state index in [-0.39, 0.29) is 0 Å². The number of benzene rings is 1. The monoisotopic (exact) mass is 221 g/mol. The summed E-state index contributed by atoms with van der Waals surface area (Å²) in [5.74, 6) is 0. The SMILES string of the molecule is CN1CCC(=Cc2ccc(Cl)cc2)CC1. The van der Waals surface area contributed by atoms with Gasteiger partial charge in [-0.2, -0.15) is 0 Å². The first-order valence-corrected chi connectivity index (χ1v) is 5.75. The highest BCUT2D eigenvalue weighted by Gasteiger charge is 2.09. The minimum absolute atomic E-state index is 0.806. The maximum atomic E-state index is 5.85. The molecule has 0 spiro atoms. The van der Waals surface area contributed by atoms with Gasteiger partial charge in [0.15, 0.2) is 0 Å². The molecule has 1 fully saturated rings. The average Bonchev–Trinajstić information content (AvgIpc) is 2.25. The van der Waals surface area contributed by atoms with Gasteiger partial charge in [0.25, 0.3) is 0 Å². The predicted octanol–water partition coefficient (Wildman–Crippen LogP) is 3.45. The van der Waals surface area contributed by atoms with Crippen LogP contribution in [0.5, 0.6) is 0 Å². The molecular weight excluding hydrogens is 206 g/mol. The molecule has 0 atom stereocenters. The second kappa shape index (κ2) is 4.82. The third-order valence-corrected chi connectivity index (χ3v) is 3.12. The second-order valence-electron chi connectivity index (χ2n) is 4.16. The molecule has 1 aromatic carbocycles. The van der Waals surface area contributed by atoms with E-state index in [4.69, 9.17) is 11.6 Å². The Morgan fingerprint density at radius 3 is 2.33 bits per heavy atom. The first-order valence-electron chi connectivity index (χ1n) is 5.37. The Kier molecular flexibility index (Phi) is 3.45. The van der Waals surface area contributed by atoms with Gasteiger partial charge in [-0.15, -0.1) is 0 Å². The number of likely N-dealkylation sites (tertiary alicyclic amines) is 1. The molecule has 0 unspecified atom stereocenters. The van der Waals surface area contributed by atoms with Gasteiger partial charge in [0.05, 0.1) is 0 Å². The van der Waals surface area contributed by atoms with Gasteiger partial charge in [0.2, 0.25) is 0 Å². The van der Waals surface area contributed by atoms with Gasteiger partial charge in [-0.3, -0.25) is 0 Å². The number of nitrogens with zero attached hydrogens (tertiary/aromatic N) is 1. The first kappa shape index (κ1) is 10.7. The Morgan fingerprint density at radius 2 is 1.73 bits per heavy atom. The van der Waals surface area contributed by atoms with Crippen molar-refractivity contribution in [1.29, 1.82) is 0 Å². The van der Waals surface area contributed by atoms with E-state index in [1.807, 2.05) is 12.1 Å². The highest BCUT2D eigenvalue weighted by Crippen LogP contribution is 2.19. The van der Waals surface area contributed by atoms with Crippen LogP contribution in [0.15, 0.2) is 29.8 Å². The van der Waals surface area contributed by atoms with Crippen molar-refractivity contribution in [2.24, 2.45) is 0 Å². The van der Waals surface area contributed by atoms with Crippen LogP contribution in [0.25, 0.3) is 6.08 Å². The minimum atomic E-state index is 0.806. The molecule has 1 aliphatic heterocycles. The maximum Gasteiger partial charge on any atom is 0.0406 e. The van der Waals surface area contributed by atoms with Crippen molar-refractivity contribution in [2.45, 2.75) is 12.8 Å². The highest BCUT2D eigenvalue weighted by molar-refractivity contribution is 6.30. The van der Waals surface area contributed by atoms with Gasteiger partial charge < -0.3 is 4.90 Å². The smallest absolute Gasteiger partial charge is 0.0406 e. The molecule has 1 aromatic rings. The molecule has 1 aliphatic rings. The van der Waals surface area contributed by atoms with Crippen molar-refractivity contribution in [3.8, 4) is 0 Å². The van der Waals surface area contributed by atoms with Crippen molar-refractivity contribution in [3.63, 3.8) is 0 Å². The highest BCUT2D eigenvalue weighted by atomic mass is 35.5. The molecule has 2 heteroatoms. The Balaban J connectivity index is 2.06. The molecular formula is C13H16ClN. The quantitative estimate of drug-likeness (QED) is 0.702. The van der Waals surface area contributed by atoms with Crippen molar-refractivity contribution < 1.29 is 0 Å². The van der Waals surface area contributed by atoms with Gasteiger partial charge in [0, 0.05) is 18.1 Å². The fourth-order valence-corrected chi connectivity index (χ4v) is 1.97. The topological polar surface area (TPSA) is 3.24 Å². The van der Waals surface area contributed by atoms with Crippen LogP contribution in [-0.4, -0.2) is 25.0 Å². The fourth-order valence-electron chi connectivity index (χ4n) is 1.84. The van der Waals surface area contributed by atoms with E-state index >= 15 is 0 Å². The van der Waals surface area contributed by atoms with Gasteiger partial charge in [-0.25, -0.2) is 0 Å². The second-order valence-corrected chi connectivity index (χ2v) is 4.59. The third kappa shape index (κ3) is 3.08. The summed E-state index contributed by atoms with van der Waals surface area (Å²) >= 11 is 5.85. The molecule has 0 aliphatic carbocycles. The van der Waals surface area contributed by atoms with E-state index in [0.29, 0.717) is 0 Å². The van der Waals surface area contributed by atoms with Gasteiger partial charge in [-0.1, -0.05) is 35.4 Å². The molecule has 2 rings (SSSR count). The van der Waals surface area contributed by atoms with Crippen LogP contribution in [0.2, 0.25) is 5.02 Å². The lowest BCUT2D eigenvalue weighted by molar-refractivity contribution is 0.313. The van der Waals surface area contributed by atoms with E-state index in [1.165, 1.54) is 31.5 Å². The zero-order chi connectivity index (χ0) is 10.7. The van der Waals surface area contributed by atoms with Crippen LogP contribution in [0.4, 0.5) is 0 Å². The zero-order valence-corrected chi connectivity index (χ0v) is 9.80. The van der Waals surface area contributed by atoms with Crippen molar-refractivity contribution in [1.82, 2.24) is 4.90 Å². The Morgan fingerprint density at radius 1 is 1.13 bits per heavy atom. The molecule has 0 N–H and O–H groups in total. The largest absolute Gasteiger partial charge is 0.306 e. The third-order valence-electron chi connectivity index (χ3n) is 2.87. The lowest BCUT2D eigenvalue weighted by Crippen LogP contribution is -2.26. The van der Waals surface area contributed by atoms with Crippen LogP contribution in [-0.2, 0) is 0 Å². The molecule has 0 radical (unpaired) electrons. The maximum absolute atomic E-state index is 5.85. The number of piperidine rings is 1.